The molecule has 0 atom stereocenters. The van der Waals surface area contributed by atoms with E-state index in [0.717, 1.165) is 19.3 Å². The molecule has 2 aromatic rings. The molecule has 32 heavy (non-hydrogen) atoms. The van der Waals surface area contributed by atoms with E-state index in [0.29, 0.717) is 30.0 Å². The summed E-state index contributed by atoms with van der Waals surface area (Å²) in [5, 5.41) is 0. The molecule has 0 bridgehead atoms. The predicted octanol–water partition coefficient (Wildman–Crippen LogP) is 3.06. The van der Waals surface area contributed by atoms with E-state index < -0.39 is 20.0 Å². The number of benzene rings is 2. The lowest BCUT2D eigenvalue weighted by molar-refractivity contribution is 0.174. The van der Waals surface area contributed by atoms with Crippen LogP contribution in [0.2, 0.25) is 0 Å². The molecule has 0 aromatic heterocycles. The number of rotatable bonds is 9. The van der Waals surface area contributed by atoms with Crippen LogP contribution in [0, 0.1) is 0 Å². The molecule has 0 radical (unpaired) electrons. The Kier molecular flexibility index (Phi) is 6.85. The normalized spacial score (nSPS) is 16.1. The summed E-state index contributed by atoms with van der Waals surface area (Å²) in [5.74, 6) is 1.20. The average Bonchev–Trinajstić information content (AvgIpc) is 3.26. The quantitative estimate of drug-likeness (QED) is 0.536. The summed E-state index contributed by atoms with van der Waals surface area (Å²) in [6, 6.07) is 10.4. The van der Waals surface area contributed by atoms with Gasteiger partial charge in [0, 0.05) is 13.1 Å². The number of fused-ring (bicyclic) bond motifs is 1. The minimum atomic E-state index is -3.81. The zero-order valence-corrected chi connectivity index (χ0v) is 19.2. The molecule has 8 nitrogen and oxygen atoms in total. The first kappa shape index (κ1) is 22.8. The van der Waals surface area contributed by atoms with Gasteiger partial charge < -0.3 is 9.47 Å². The molecule has 1 aliphatic carbocycles. The summed E-state index contributed by atoms with van der Waals surface area (Å²) in [6.45, 7) is 0.536. The molecule has 0 saturated heterocycles. The highest BCUT2D eigenvalue weighted by Gasteiger charge is 2.19. The Bertz CT molecular complexity index is 1210. The van der Waals surface area contributed by atoms with Crippen molar-refractivity contribution in [3.05, 3.63) is 59.7 Å². The Morgan fingerprint density at radius 2 is 1.50 bits per heavy atom. The number of ether oxygens (including phenoxy) is 2. The van der Waals surface area contributed by atoms with E-state index in [2.05, 4.69) is 15.5 Å². The summed E-state index contributed by atoms with van der Waals surface area (Å²) < 4.78 is 65.9. The Balaban J connectivity index is 1.35. The molecule has 4 rings (SSSR count). The van der Waals surface area contributed by atoms with E-state index in [1.165, 1.54) is 36.3 Å². The zero-order valence-electron chi connectivity index (χ0n) is 17.5. The third-order valence-electron chi connectivity index (χ3n) is 5.47. The minimum Gasteiger partial charge on any atom is -0.454 e. The molecule has 2 aliphatic rings. The van der Waals surface area contributed by atoms with E-state index in [-0.39, 0.29) is 23.1 Å². The smallest absolute Gasteiger partial charge is 0.240 e. The van der Waals surface area contributed by atoms with Crippen LogP contribution in [0.1, 0.15) is 37.7 Å². The van der Waals surface area contributed by atoms with Gasteiger partial charge in [-0.15, -0.1) is 0 Å². The molecule has 2 N–H and O–H groups in total. The number of sulfonamides is 2. The maximum absolute atomic E-state index is 12.6. The first-order chi connectivity index (χ1) is 15.3. The average molecular weight is 479 g/mol. The van der Waals surface area contributed by atoms with Crippen molar-refractivity contribution in [3.8, 4) is 11.5 Å². The summed E-state index contributed by atoms with van der Waals surface area (Å²) in [4.78, 5) is 0.0226. The highest BCUT2D eigenvalue weighted by Crippen LogP contribution is 2.32. The molecule has 0 saturated carbocycles. The number of hydrogen-bond donors (Lipinski definition) is 2. The van der Waals surface area contributed by atoms with Crippen LogP contribution in [0.25, 0.3) is 0 Å². The molecular formula is C22H26N2O6S2. The second-order valence-corrected chi connectivity index (χ2v) is 11.3. The van der Waals surface area contributed by atoms with Gasteiger partial charge in [0.2, 0.25) is 26.8 Å². The van der Waals surface area contributed by atoms with Crippen LogP contribution in [0.15, 0.2) is 63.9 Å². The monoisotopic (exact) mass is 478 g/mol. The van der Waals surface area contributed by atoms with E-state index >= 15 is 0 Å². The number of hydrogen-bond acceptors (Lipinski definition) is 6. The van der Waals surface area contributed by atoms with Crippen LogP contribution >= 0.6 is 0 Å². The highest BCUT2D eigenvalue weighted by molar-refractivity contribution is 7.90. The van der Waals surface area contributed by atoms with Crippen molar-refractivity contribution in [1.29, 1.82) is 0 Å². The molecule has 0 spiro atoms. The van der Waals surface area contributed by atoms with Gasteiger partial charge in [-0.05, 0) is 74.1 Å². The van der Waals surface area contributed by atoms with Crippen molar-refractivity contribution in [2.24, 2.45) is 0 Å². The fraction of sp³-hybridized carbons (Fsp3) is 0.364. The fourth-order valence-corrected chi connectivity index (χ4v) is 5.72. The molecular weight excluding hydrogens is 452 g/mol. The van der Waals surface area contributed by atoms with Crippen molar-refractivity contribution < 1.29 is 26.3 Å². The number of nitrogens with one attached hydrogen (secondary N) is 2. The molecule has 0 unspecified atom stereocenters. The first-order valence-electron chi connectivity index (χ1n) is 10.5. The molecule has 1 heterocycles. The maximum Gasteiger partial charge on any atom is 0.240 e. The van der Waals surface area contributed by atoms with Gasteiger partial charge in [-0.1, -0.05) is 17.7 Å². The van der Waals surface area contributed by atoms with Crippen molar-refractivity contribution in [3.63, 3.8) is 0 Å². The summed E-state index contributed by atoms with van der Waals surface area (Å²) >= 11 is 0. The Hall–Kier alpha value is -2.40. The SMILES string of the molecule is O=S(=O)(NCCC1=CCCCC1)c1ccc(S(=O)(=O)NCc2ccc3c(c2)OCO3)cc1. The van der Waals surface area contributed by atoms with Crippen LogP contribution in [-0.4, -0.2) is 30.2 Å². The maximum atomic E-state index is 12.6. The highest BCUT2D eigenvalue weighted by atomic mass is 32.2. The van der Waals surface area contributed by atoms with Gasteiger partial charge in [0.25, 0.3) is 0 Å². The van der Waals surface area contributed by atoms with E-state index in [4.69, 9.17) is 9.47 Å². The first-order valence-corrected chi connectivity index (χ1v) is 13.5. The molecule has 0 fully saturated rings. The number of allylic oxidation sites excluding steroid dienone is 1. The van der Waals surface area contributed by atoms with Crippen LogP contribution in [0.4, 0.5) is 0 Å². The lowest BCUT2D eigenvalue weighted by atomic mass is 9.97. The third kappa shape index (κ3) is 5.50. The van der Waals surface area contributed by atoms with Crippen molar-refractivity contribution >= 4 is 20.0 Å². The zero-order chi connectivity index (χ0) is 22.6. The van der Waals surface area contributed by atoms with Crippen LogP contribution < -0.4 is 18.9 Å². The van der Waals surface area contributed by atoms with Gasteiger partial charge >= 0.3 is 0 Å². The topological polar surface area (TPSA) is 111 Å². The second-order valence-electron chi connectivity index (χ2n) is 7.74. The van der Waals surface area contributed by atoms with Crippen molar-refractivity contribution in [2.45, 2.75) is 48.4 Å². The second kappa shape index (κ2) is 9.62. The van der Waals surface area contributed by atoms with E-state index in [1.807, 2.05) is 0 Å². The Morgan fingerprint density at radius 1 is 0.812 bits per heavy atom. The molecule has 0 amide bonds. The largest absolute Gasteiger partial charge is 0.454 e. The lowest BCUT2D eigenvalue weighted by Gasteiger charge is -2.13. The lowest BCUT2D eigenvalue weighted by Crippen LogP contribution is -2.26. The summed E-state index contributed by atoms with van der Waals surface area (Å²) in [6.07, 6.45) is 7.30. The molecule has 1 aliphatic heterocycles. The van der Waals surface area contributed by atoms with Gasteiger partial charge in [-0.2, -0.15) is 0 Å². The molecule has 172 valence electrons. The van der Waals surface area contributed by atoms with Crippen LogP contribution in [-0.2, 0) is 26.6 Å². The minimum absolute atomic E-state index is 0.00967. The third-order valence-corrected chi connectivity index (χ3v) is 8.36. The molecule has 2 aromatic carbocycles. The van der Waals surface area contributed by atoms with Crippen molar-refractivity contribution in [2.75, 3.05) is 13.3 Å². The van der Waals surface area contributed by atoms with Crippen molar-refractivity contribution in [1.82, 2.24) is 9.44 Å². The van der Waals surface area contributed by atoms with Gasteiger partial charge in [0.05, 0.1) is 9.79 Å². The van der Waals surface area contributed by atoms with Gasteiger partial charge in [0.15, 0.2) is 11.5 Å². The van der Waals surface area contributed by atoms with Crippen LogP contribution in [0.3, 0.4) is 0 Å². The van der Waals surface area contributed by atoms with Gasteiger partial charge in [0.1, 0.15) is 0 Å². The van der Waals surface area contributed by atoms with Crippen LogP contribution in [0.5, 0.6) is 11.5 Å². The summed E-state index contributed by atoms with van der Waals surface area (Å²) in [5.41, 5.74) is 2.00. The Labute approximate surface area is 188 Å². The summed E-state index contributed by atoms with van der Waals surface area (Å²) in [7, 11) is -7.51. The fourth-order valence-electron chi connectivity index (χ4n) is 3.67. The van der Waals surface area contributed by atoms with E-state index in [9.17, 15) is 16.8 Å². The molecule has 10 heteroatoms. The Morgan fingerprint density at radius 3 is 2.19 bits per heavy atom. The van der Waals surface area contributed by atoms with Gasteiger partial charge in [-0.25, -0.2) is 26.3 Å². The standard InChI is InChI=1S/C22H26N2O6S2/c25-31(26,23-13-12-17-4-2-1-3-5-17)19-7-9-20(10-8-19)32(27,28)24-15-18-6-11-21-22(14-18)30-16-29-21/h4,6-11,14,23-24H,1-3,5,12-13,15-16H2. The van der Waals surface area contributed by atoms with E-state index in [1.54, 1.807) is 18.2 Å². The van der Waals surface area contributed by atoms with Gasteiger partial charge in [-0.3, -0.25) is 0 Å². The predicted molar refractivity (Wildman–Crippen MR) is 119 cm³/mol.